The third-order valence-electron chi connectivity index (χ3n) is 4.21. The Bertz CT molecular complexity index is 980. The number of H-pyrrole nitrogens is 1. The molecular weight excluding hydrogens is 372 g/mol. The number of benzene rings is 2. The molecule has 1 N–H and O–H groups in total. The highest BCUT2D eigenvalue weighted by molar-refractivity contribution is 7.71. The Balaban J connectivity index is 1.81. The van der Waals surface area contributed by atoms with Gasteiger partial charge in [-0.1, -0.05) is 43.3 Å². The molecule has 0 spiro atoms. The second kappa shape index (κ2) is 9.85. The average Bonchev–Trinajstić information content (AvgIpc) is 3.07. The Morgan fingerprint density at radius 1 is 1.14 bits per heavy atom. The fraction of sp³-hybridized carbons (Fsp3) is 0.286. The number of aromatic nitrogens is 3. The highest BCUT2D eigenvalue weighted by Gasteiger charge is 2.10. The molecule has 0 saturated heterocycles. The molecule has 1 aromatic heterocycles. The molecule has 1 heterocycles. The molecule has 28 heavy (non-hydrogen) atoms. The van der Waals surface area contributed by atoms with Gasteiger partial charge in [-0.2, -0.15) is 14.9 Å². The smallest absolute Gasteiger partial charge is 0.216 e. The van der Waals surface area contributed by atoms with E-state index in [2.05, 4.69) is 34.4 Å². The highest BCUT2D eigenvalue weighted by Crippen LogP contribution is 2.30. The van der Waals surface area contributed by atoms with E-state index in [0.717, 1.165) is 30.7 Å². The van der Waals surface area contributed by atoms with Gasteiger partial charge in [0.15, 0.2) is 17.3 Å². The predicted molar refractivity (Wildman–Crippen MR) is 113 cm³/mol. The van der Waals surface area contributed by atoms with E-state index in [9.17, 15) is 0 Å². The standard InChI is InChI=1S/C21H24N4O2S/c1-3-8-19-23-24-21(28)25(19)22-15-17-11-7-12-18(26-2)20(17)27-14-13-16-9-5-4-6-10-16/h4-7,9-12,15H,3,8,13-14H2,1-2H3,(H,24,28)/b22-15+. The van der Waals surface area contributed by atoms with Crippen LogP contribution in [0.1, 0.15) is 30.3 Å². The third kappa shape index (κ3) is 4.86. The van der Waals surface area contributed by atoms with Crippen LogP contribution in [0.2, 0.25) is 0 Å². The monoisotopic (exact) mass is 396 g/mol. The summed E-state index contributed by atoms with van der Waals surface area (Å²) in [5.74, 6) is 2.14. The van der Waals surface area contributed by atoms with Crippen molar-refractivity contribution in [2.24, 2.45) is 5.10 Å². The van der Waals surface area contributed by atoms with E-state index in [1.165, 1.54) is 5.56 Å². The maximum Gasteiger partial charge on any atom is 0.216 e. The number of ether oxygens (including phenoxy) is 2. The molecule has 0 fully saturated rings. The van der Waals surface area contributed by atoms with Crippen molar-refractivity contribution < 1.29 is 9.47 Å². The van der Waals surface area contributed by atoms with Gasteiger partial charge in [0.05, 0.1) is 19.9 Å². The van der Waals surface area contributed by atoms with E-state index in [1.54, 1.807) is 18.0 Å². The Kier molecular flexibility index (Phi) is 6.97. The Hall–Kier alpha value is -2.93. The summed E-state index contributed by atoms with van der Waals surface area (Å²) >= 11 is 5.28. The lowest BCUT2D eigenvalue weighted by molar-refractivity contribution is 0.297. The molecule has 0 saturated carbocycles. The Morgan fingerprint density at radius 2 is 1.96 bits per heavy atom. The lowest BCUT2D eigenvalue weighted by Crippen LogP contribution is -2.05. The van der Waals surface area contributed by atoms with Gasteiger partial charge < -0.3 is 9.47 Å². The number of nitrogens with zero attached hydrogens (tertiary/aromatic N) is 3. The fourth-order valence-corrected chi connectivity index (χ4v) is 3.01. The van der Waals surface area contributed by atoms with Gasteiger partial charge in [0.2, 0.25) is 4.77 Å². The molecule has 0 aliphatic heterocycles. The van der Waals surface area contributed by atoms with Gasteiger partial charge in [0.25, 0.3) is 0 Å². The molecule has 0 aliphatic rings. The van der Waals surface area contributed by atoms with Crippen molar-refractivity contribution in [3.63, 3.8) is 0 Å². The molecule has 0 bridgehead atoms. The van der Waals surface area contributed by atoms with Crippen molar-refractivity contribution in [3.8, 4) is 11.5 Å². The summed E-state index contributed by atoms with van der Waals surface area (Å²) in [6.07, 6.45) is 4.29. The molecule has 0 radical (unpaired) electrons. The van der Waals surface area contributed by atoms with Crippen LogP contribution >= 0.6 is 12.2 Å². The van der Waals surface area contributed by atoms with Crippen molar-refractivity contribution in [2.75, 3.05) is 13.7 Å². The van der Waals surface area contributed by atoms with Crippen LogP contribution in [-0.2, 0) is 12.8 Å². The molecule has 0 atom stereocenters. The molecule has 3 rings (SSSR count). The first-order chi connectivity index (χ1) is 13.7. The van der Waals surface area contributed by atoms with E-state index in [4.69, 9.17) is 21.7 Å². The number of nitrogens with one attached hydrogen (secondary N) is 1. The van der Waals surface area contributed by atoms with Crippen molar-refractivity contribution in [1.82, 2.24) is 14.9 Å². The number of para-hydroxylation sites is 1. The van der Waals surface area contributed by atoms with Gasteiger partial charge in [-0.25, -0.2) is 0 Å². The first-order valence-corrected chi connectivity index (χ1v) is 9.68. The minimum absolute atomic E-state index is 0.467. The molecule has 0 aliphatic carbocycles. The number of rotatable bonds is 9. The summed E-state index contributed by atoms with van der Waals surface area (Å²) in [4.78, 5) is 0. The molecule has 7 heteroatoms. The van der Waals surface area contributed by atoms with Crippen LogP contribution in [-0.4, -0.2) is 34.8 Å². The topological polar surface area (TPSA) is 64.4 Å². The molecule has 146 valence electrons. The molecular formula is C21H24N4O2S. The number of hydrogen-bond acceptors (Lipinski definition) is 5. The summed E-state index contributed by atoms with van der Waals surface area (Å²) in [7, 11) is 1.63. The van der Waals surface area contributed by atoms with E-state index in [-0.39, 0.29) is 0 Å². The number of hydrogen-bond donors (Lipinski definition) is 1. The maximum atomic E-state index is 6.07. The van der Waals surface area contributed by atoms with Crippen LogP contribution in [0.3, 0.4) is 0 Å². The quantitative estimate of drug-likeness (QED) is 0.430. The lowest BCUT2D eigenvalue weighted by atomic mass is 10.1. The zero-order valence-electron chi connectivity index (χ0n) is 16.1. The van der Waals surface area contributed by atoms with E-state index < -0.39 is 0 Å². The molecule has 2 aromatic carbocycles. The zero-order valence-corrected chi connectivity index (χ0v) is 16.9. The number of aryl methyl sites for hydroxylation is 1. The Labute approximate surface area is 169 Å². The highest BCUT2D eigenvalue weighted by atomic mass is 32.1. The summed E-state index contributed by atoms with van der Waals surface area (Å²) in [6.45, 7) is 2.63. The van der Waals surface area contributed by atoms with Crippen molar-refractivity contribution in [1.29, 1.82) is 0 Å². The summed E-state index contributed by atoms with van der Waals surface area (Å²) in [5.41, 5.74) is 2.04. The maximum absolute atomic E-state index is 6.07. The Morgan fingerprint density at radius 3 is 2.71 bits per heavy atom. The molecule has 0 amide bonds. The second-order valence-corrected chi connectivity index (χ2v) is 6.60. The van der Waals surface area contributed by atoms with Crippen LogP contribution in [0.25, 0.3) is 0 Å². The van der Waals surface area contributed by atoms with E-state index in [1.807, 2.05) is 36.4 Å². The zero-order chi connectivity index (χ0) is 19.8. The van der Waals surface area contributed by atoms with Crippen LogP contribution in [0, 0.1) is 4.77 Å². The summed E-state index contributed by atoms with van der Waals surface area (Å²) < 4.78 is 13.7. The predicted octanol–water partition coefficient (Wildman–Crippen LogP) is 4.41. The molecule has 6 nitrogen and oxygen atoms in total. The number of aromatic amines is 1. The summed E-state index contributed by atoms with van der Waals surface area (Å²) in [6, 6.07) is 16.0. The van der Waals surface area contributed by atoms with Gasteiger partial charge in [0.1, 0.15) is 0 Å². The minimum atomic E-state index is 0.467. The van der Waals surface area contributed by atoms with Crippen LogP contribution in [0.15, 0.2) is 53.6 Å². The second-order valence-electron chi connectivity index (χ2n) is 6.21. The largest absolute Gasteiger partial charge is 0.493 e. The van der Waals surface area contributed by atoms with Gasteiger partial charge in [-0.05, 0) is 36.3 Å². The molecule has 0 unspecified atom stereocenters. The first-order valence-electron chi connectivity index (χ1n) is 9.27. The minimum Gasteiger partial charge on any atom is -0.493 e. The van der Waals surface area contributed by atoms with Crippen LogP contribution in [0.4, 0.5) is 0 Å². The van der Waals surface area contributed by atoms with Crippen molar-refractivity contribution >= 4 is 18.4 Å². The molecule has 3 aromatic rings. The third-order valence-corrected chi connectivity index (χ3v) is 4.48. The normalized spacial score (nSPS) is 11.1. The van der Waals surface area contributed by atoms with E-state index in [0.29, 0.717) is 22.9 Å². The van der Waals surface area contributed by atoms with Gasteiger partial charge in [-0.15, -0.1) is 0 Å². The fourth-order valence-electron chi connectivity index (χ4n) is 2.81. The van der Waals surface area contributed by atoms with Crippen molar-refractivity contribution in [2.45, 2.75) is 26.2 Å². The average molecular weight is 397 g/mol. The van der Waals surface area contributed by atoms with Crippen molar-refractivity contribution in [3.05, 3.63) is 70.3 Å². The lowest BCUT2D eigenvalue weighted by Gasteiger charge is -2.13. The first kappa shape index (κ1) is 19.8. The SMILES string of the molecule is CCCc1n[nH]c(=S)n1/N=C/c1cccc(OC)c1OCCc1ccccc1. The van der Waals surface area contributed by atoms with Gasteiger partial charge in [-0.3, -0.25) is 5.10 Å². The number of methoxy groups -OCH3 is 1. The van der Waals surface area contributed by atoms with Gasteiger partial charge in [0, 0.05) is 18.4 Å². The van der Waals surface area contributed by atoms with Crippen LogP contribution in [0.5, 0.6) is 11.5 Å². The van der Waals surface area contributed by atoms with Gasteiger partial charge >= 0.3 is 0 Å². The van der Waals surface area contributed by atoms with E-state index >= 15 is 0 Å². The summed E-state index contributed by atoms with van der Waals surface area (Å²) in [5, 5.41) is 11.5. The van der Waals surface area contributed by atoms with Crippen LogP contribution < -0.4 is 9.47 Å².